The van der Waals surface area contributed by atoms with Crippen LogP contribution in [0.5, 0.6) is 0 Å². The molecule has 2 amide bonds. The van der Waals surface area contributed by atoms with E-state index in [1.165, 1.54) is 70.6 Å². The zero-order valence-corrected chi connectivity index (χ0v) is 19.1. The SMILES string of the molecule is CC(NC(=O)NCCCCCCCCCCCC(=O)O)C12CC3CC(CC(C3)C1)C2. The van der Waals surface area contributed by atoms with Gasteiger partial charge in [-0.15, -0.1) is 0 Å². The van der Waals surface area contributed by atoms with Crippen molar-refractivity contribution in [2.24, 2.45) is 23.2 Å². The highest BCUT2D eigenvalue weighted by Gasteiger charge is 2.53. The highest BCUT2D eigenvalue weighted by molar-refractivity contribution is 5.74. The Hall–Kier alpha value is -1.26. The first-order valence-electron chi connectivity index (χ1n) is 12.7. The van der Waals surface area contributed by atoms with Crippen LogP contribution < -0.4 is 10.6 Å². The summed E-state index contributed by atoms with van der Waals surface area (Å²) in [4.78, 5) is 22.8. The van der Waals surface area contributed by atoms with E-state index in [2.05, 4.69) is 17.6 Å². The number of carbonyl (C=O) groups excluding carboxylic acids is 1. The lowest BCUT2D eigenvalue weighted by atomic mass is 9.48. The third-order valence-electron chi connectivity index (χ3n) is 8.20. The molecule has 0 heterocycles. The molecule has 0 aliphatic heterocycles. The topological polar surface area (TPSA) is 78.4 Å². The van der Waals surface area contributed by atoms with Crippen LogP contribution in [0.1, 0.15) is 110 Å². The first kappa shape index (κ1) is 23.4. The normalized spacial score (nSPS) is 30.2. The van der Waals surface area contributed by atoms with Crippen molar-refractivity contribution in [1.29, 1.82) is 0 Å². The van der Waals surface area contributed by atoms with E-state index in [0.717, 1.165) is 50.0 Å². The minimum Gasteiger partial charge on any atom is -0.481 e. The average Bonchev–Trinajstić information content (AvgIpc) is 2.67. The smallest absolute Gasteiger partial charge is 0.315 e. The second kappa shape index (κ2) is 11.4. The van der Waals surface area contributed by atoms with E-state index in [9.17, 15) is 9.59 Å². The van der Waals surface area contributed by atoms with Gasteiger partial charge < -0.3 is 15.7 Å². The standard InChI is InChI=1S/C25H44N2O3/c1-19(25-16-20-13-21(17-25)15-22(14-20)18-25)27-24(30)26-12-10-8-6-4-2-3-5-7-9-11-23(28)29/h19-22H,2-18H2,1H3,(H,28,29)(H2,26,27,30). The van der Waals surface area contributed by atoms with E-state index in [1.807, 2.05) is 0 Å². The molecule has 0 radical (unpaired) electrons. The minimum atomic E-state index is -0.681. The number of nitrogens with one attached hydrogen (secondary N) is 2. The molecule has 0 saturated heterocycles. The van der Waals surface area contributed by atoms with Gasteiger partial charge in [-0.2, -0.15) is 0 Å². The highest BCUT2D eigenvalue weighted by atomic mass is 16.4. The number of rotatable bonds is 14. The number of urea groups is 1. The molecule has 4 saturated carbocycles. The van der Waals surface area contributed by atoms with Gasteiger partial charge in [0.05, 0.1) is 0 Å². The van der Waals surface area contributed by atoms with Gasteiger partial charge in [0.2, 0.25) is 0 Å². The van der Waals surface area contributed by atoms with Crippen LogP contribution in [-0.2, 0) is 4.79 Å². The van der Waals surface area contributed by atoms with Crippen LogP contribution in [-0.4, -0.2) is 29.7 Å². The lowest BCUT2D eigenvalue weighted by Crippen LogP contribution is -2.57. The molecular weight excluding hydrogens is 376 g/mol. The molecule has 4 bridgehead atoms. The Morgan fingerprint density at radius 1 is 0.833 bits per heavy atom. The van der Waals surface area contributed by atoms with Gasteiger partial charge >= 0.3 is 12.0 Å². The summed E-state index contributed by atoms with van der Waals surface area (Å²) in [6.45, 7) is 3.02. The fourth-order valence-corrected chi connectivity index (χ4v) is 6.95. The summed E-state index contributed by atoms with van der Waals surface area (Å²) in [6, 6.07) is 0.320. The molecular formula is C25H44N2O3. The second-order valence-electron chi connectivity index (χ2n) is 10.7. The van der Waals surface area contributed by atoms with Gasteiger partial charge in [-0.05, 0) is 81.5 Å². The number of carbonyl (C=O) groups is 2. The molecule has 0 aromatic heterocycles. The third-order valence-corrected chi connectivity index (χ3v) is 8.20. The largest absolute Gasteiger partial charge is 0.481 e. The Bertz CT molecular complexity index is 527. The van der Waals surface area contributed by atoms with E-state index in [1.54, 1.807) is 0 Å². The second-order valence-corrected chi connectivity index (χ2v) is 10.7. The Balaban J connectivity index is 1.17. The van der Waals surface area contributed by atoms with E-state index >= 15 is 0 Å². The van der Waals surface area contributed by atoms with E-state index in [0.29, 0.717) is 17.9 Å². The summed E-state index contributed by atoms with van der Waals surface area (Å²) in [7, 11) is 0. The Labute approximate surface area is 183 Å². The van der Waals surface area contributed by atoms with Crippen LogP contribution in [0.25, 0.3) is 0 Å². The van der Waals surface area contributed by atoms with Crippen molar-refractivity contribution in [2.45, 2.75) is 116 Å². The van der Waals surface area contributed by atoms with Gasteiger partial charge in [-0.3, -0.25) is 4.79 Å². The fraction of sp³-hybridized carbons (Fsp3) is 0.920. The molecule has 4 rings (SSSR count). The lowest BCUT2D eigenvalue weighted by Gasteiger charge is -2.59. The molecule has 4 fully saturated rings. The lowest BCUT2D eigenvalue weighted by molar-refractivity contribution is -0.137. The number of aliphatic carboxylic acids is 1. The molecule has 1 unspecified atom stereocenters. The average molecular weight is 421 g/mol. The summed E-state index contributed by atoms with van der Waals surface area (Å²) in [5.41, 5.74) is 0.375. The van der Waals surface area contributed by atoms with Crippen LogP contribution in [0, 0.1) is 23.2 Å². The molecule has 0 aromatic rings. The third kappa shape index (κ3) is 6.88. The molecule has 0 aromatic carbocycles. The maximum atomic E-state index is 12.4. The summed E-state index contributed by atoms with van der Waals surface area (Å²) < 4.78 is 0. The van der Waals surface area contributed by atoms with Crippen LogP contribution in [0.4, 0.5) is 4.79 Å². The number of carboxylic acids is 1. The van der Waals surface area contributed by atoms with Crippen LogP contribution >= 0.6 is 0 Å². The van der Waals surface area contributed by atoms with E-state index < -0.39 is 5.97 Å². The first-order valence-corrected chi connectivity index (χ1v) is 12.7. The molecule has 30 heavy (non-hydrogen) atoms. The van der Waals surface area contributed by atoms with E-state index in [4.69, 9.17) is 5.11 Å². The van der Waals surface area contributed by atoms with Crippen molar-refractivity contribution in [2.75, 3.05) is 6.54 Å². The zero-order valence-electron chi connectivity index (χ0n) is 19.1. The Morgan fingerprint density at radius 3 is 1.80 bits per heavy atom. The van der Waals surface area contributed by atoms with Crippen molar-refractivity contribution in [1.82, 2.24) is 10.6 Å². The summed E-state index contributed by atoms with van der Waals surface area (Å²) >= 11 is 0. The fourth-order valence-electron chi connectivity index (χ4n) is 6.95. The first-order chi connectivity index (χ1) is 14.5. The highest BCUT2D eigenvalue weighted by Crippen LogP contribution is 2.61. The molecule has 4 aliphatic rings. The van der Waals surface area contributed by atoms with Crippen molar-refractivity contribution in [3.63, 3.8) is 0 Å². The summed E-state index contributed by atoms with van der Waals surface area (Å²) in [5, 5.41) is 15.0. The zero-order chi connectivity index (χ0) is 21.4. The Morgan fingerprint density at radius 2 is 1.30 bits per heavy atom. The summed E-state index contributed by atoms with van der Waals surface area (Å²) in [5.74, 6) is 2.09. The molecule has 172 valence electrons. The maximum absolute atomic E-state index is 12.4. The number of hydrogen-bond acceptors (Lipinski definition) is 2. The van der Waals surface area contributed by atoms with Gasteiger partial charge in [-0.25, -0.2) is 4.79 Å². The molecule has 0 spiro atoms. The van der Waals surface area contributed by atoms with Crippen molar-refractivity contribution in [3.8, 4) is 0 Å². The van der Waals surface area contributed by atoms with Gasteiger partial charge in [0.25, 0.3) is 0 Å². The van der Waals surface area contributed by atoms with Gasteiger partial charge in [0.1, 0.15) is 0 Å². The van der Waals surface area contributed by atoms with E-state index in [-0.39, 0.29) is 6.03 Å². The van der Waals surface area contributed by atoms with Gasteiger partial charge in [0.15, 0.2) is 0 Å². The van der Waals surface area contributed by atoms with Crippen LogP contribution in [0.3, 0.4) is 0 Å². The van der Waals surface area contributed by atoms with Crippen molar-refractivity contribution < 1.29 is 14.7 Å². The van der Waals surface area contributed by atoms with Crippen LogP contribution in [0.15, 0.2) is 0 Å². The van der Waals surface area contributed by atoms with Gasteiger partial charge in [-0.1, -0.05) is 44.9 Å². The number of amides is 2. The Kier molecular flexibility index (Phi) is 8.88. The van der Waals surface area contributed by atoms with Crippen molar-refractivity contribution in [3.05, 3.63) is 0 Å². The van der Waals surface area contributed by atoms with Crippen molar-refractivity contribution >= 4 is 12.0 Å². The van der Waals surface area contributed by atoms with Gasteiger partial charge in [0, 0.05) is 19.0 Å². The predicted molar refractivity (Wildman–Crippen MR) is 120 cm³/mol. The number of hydrogen-bond donors (Lipinski definition) is 3. The van der Waals surface area contributed by atoms with Crippen LogP contribution in [0.2, 0.25) is 0 Å². The molecule has 3 N–H and O–H groups in total. The molecule has 5 nitrogen and oxygen atoms in total. The molecule has 4 aliphatic carbocycles. The number of carboxylic acid groups (broad SMARTS) is 1. The minimum absolute atomic E-state index is 0.0274. The quantitative estimate of drug-likeness (QED) is 0.307. The maximum Gasteiger partial charge on any atom is 0.315 e. The summed E-state index contributed by atoms with van der Waals surface area (Å²) in [6.07, 6.45) is 18.8. The molecule has 5 heteroatoms. The molecule has 1 atom stereocenters. The predicted octanol–water partition coefficient (Wildman–Crippen LogP) is 5.88. The number of unbranched alkanes of at least 4 members (excludes halogenated alkanes) is 8. The monoisotopic (exact) mass is 420 g/mol.